The molecule has 0 aliphatic heterocycles. The van der Waals surface area contributed by atoms with Gasteiger partial charge in [-0.2, -0.15) is 13.2 Å². The Balaban J connectivity index is 1.76. The fourth-order valence-corrected chi connectivity index (χ4v) is 1.91. The Labute approximate surface area is 141 Å². The number of ether oxygens (including phenoxy) is 1. The molecule has 0 aromatic heterocycles. The molecule has 0 aliphatic carbocycles. The lowest BCUT2D eigenvalue weighted by atomic mass is 10.1. The van der Waals surface area contributed by atoms with Gasteiger partial charge in [0.25, 0.3) is 5.91 Å². The molecule has 25 heavy (non-hydrogen) atoms. The molecule has 0 saturated heterocycles. The highest BCUT2D eigenvalue weighted by atomic mass is 19.4. The van der Waals surface area contributed by atoms with Crippen molar-refractivity contribution in [3.63, 3.8) is 0 Å². The Morgan fingerprint density at radius 1 is 0.920 bits per heavy atom. The Hall–Kier alpha value is -3.03. The van der Waals surface area contributed by atoms with Crippen LogP contribution in [-0.4, -0.2) is 18.4 Å². The summed E-state index contributed by atoms with van der Waals surface area (Å²) in [5.74, 6) is -1.22. The van der Waals surface area contributed by atoms with E-state index in [1.54, 1.807) is 24.3 Å². The zero-order valence-corrected chi connectivity index (χ0v) is 13.0. The number of hydrogen-bond acceptors (Lipinski definition) is 3. The summed E-state index contributed by atoms with van der Waals surface area (Å²) >= 11 is 0. The molecule has 2 N–H and O–H groups in total. The van der Waals surface area contributed by atoms with Crippen molar-refractivity contribution in [3.05, 3.63) is 65.7 Å². The lowest BCUT2D eigenvalue weighted by Crippen LogP contribution is -2.44. The molecule has 0 aliphatic rings. The maximum absolute atomic E-state index is 12.6. The molecule has 2 amide bonds. The number of nitrogens with one attached hydrogen (secondary N) is 2. The molecular formula is C17H15F3N2O3. The number of rotatable bonds is 5. The molecule has 2 aromatic carbocycles. The van der Waals surface area contributed by atoms with E-state index in [4.69, 9.17) is 4.74 Å². The van der Waals surface area contributed by atoms with E-state index < -0.39 is 30.2 Å². The molecule has 0 unspecified atom stereocenters. The molecule has 0 fully saturated rings. The van der Waals surface area contributed by atoms with Gasteiger partial charge >= 0.3 is 6.18 Å². The van der Waals surface area contributed by atoms with Crippen molar-refractivity contribution < 1.29 is 27.5 Å². The summed E-state index contributed by atoms with van der Waals surface area (Å²) in [6.45, 7) is -0.535. The number of carbonyl (C=O) groups is 2. The first-order chi connectivity index (χ1) is 11.8. The van der Waals surface area contributed by atoms with Crippen LogP contribution in [0.5, 0.6) is 5.75 Å². The second-order valence-corrected chi connectivity index (χ2v) is 5.07. The summed E-state index contributed by atoms with van der Waals surface area (Å²) in [6, 6.07) is 13.1. The molecule has 2 rings (SSSR count). The fourth-order valence-electron chi connectivity index (χ4n) is 1.91. The molecular weight excluding hydrogens is 337 g/mol. The van der Waals surface area contributed by atoms with E-state index >= 15 is 0 Å². The van der Waals surface area contributed by atoms with E-state index in [1.807, 2.05) is 6.07 Å². The zero-order chi connectivity index (χ0) is 18.3. The van der Waals surface area contributed by atoms with Crippen LogP contribution in [0.3, 0.4) is 0 Å². The molecule has 0 spiro atoms. The van der Waals surface area contributed by atoms with Gasteiger partial charge in [0, 0.05) is 0 Å². The van der Waals surface area contributed by atoms with Gasteiger partial charge in [-0.15, -0.1) is 0 Å². The van der Waals surface area contributed by atoms with E-state index in [1.165, 1.54) is 12.1 Å². The first-order valence-electron chi connectivity index (χ1n) is 7.26. The maximum atomic E-state index is 12.6. The highest BCUT2D eigenvalue weighted by Crippen LogP contribution is 2.31. The summed E-state index contributed by atoms with van der Waals surface area (Å²) in [4.78, 5) is 23.2. The third-order valence-corrected chi connectivity index (χ3v) is 3.08. The maximum Gasteiger partial charge on any atom is 0.416 e. The number of amides is 2. The molecule has 0 bridgehead atoms. The third kappa shape index (κ3) is 6.17. The predicted molar refractivity (Wildman–Crippen MR) is 83.4 cm³/mol. The van der Waals surface area contributed by atoms with Crippen molar-refractivity contribution in [2.75, 3.05) is 6.61 Å². The van der Waals surface area contributed by atoms with Crippen LogP contribution in [0.2, 0.25) is 0 Å². The van der Waals surface area contributed by atoms with Crippen molar-refractivity contribution in [2.24, 2.45) is 0 Å². The van der Waals surface area contributed by atoms with Gasteiger partial charge in [-0.05, 0) is 23.8 Å². The van der Waals surface area contributed by atoms with Crippen LogP contribution in [0, 0.1) is 0 Å². The SMILES string of the molecule is O=C(COc1cccc(C(F)(F)F)c1)NNC(=O)Cc1ccccc1. The molecule has 132 valence electrons. The Bertz CT molecular complexity index is 733. The number of carbonyl (C=O) groups excluding carboxylic acids is 2. The summed E-state index contributed by atoms with van der Waals surface area (Å²) in [7, 11) is 0. The summed E-state index contributed by atoms with van der Waals surface area (Å²) in [6.07, 6.45) is -4.41. The lowest BCUT2D eigenvalue weighted by Gasteiger charge is -2.11. The average molecular weight is 352 g/mol. The van der Waals surface area contributed by atoms with Gasteiger partial charge in [0.1, 0.15) is 5.75 Å². The predicted octanol–water partition coefficient (Wildman–Crippen LogP) is 2.47. The zero-order valence-electron chi connectivity index (χ0n) is 13.0. The number of halogens is 3. The number of hydrazine groups is 1. The first kappa shape index (κ1) is 18.3. The van der Waals surface area contributed by atoms with Gasteiger partial charge in [0.15, 0.2) is 6.61 Å². The van der Waals surface area contributed by atoms with Crippen LogP contribution in [0.15, 0.2) is 54.6 Å². The topological polar surface area (TPSA) is 67.4 Å². The van der Waals surface area contributed by atoms with Crippen molar-refractivity contribution in [1.82, 2.24) is 10.9 Å². The molecule has 0 saturated carbocycles. The number of hydrogen-bond donors (Lipinski definition) is 2. The van der Waals surface area contributed by atoms with Gasteiger partial charge < -0.3 is 4.74 Å². The normalized spacial score (nSPS) is 10.8. The van der Waals surface area contributed by atoms with Gasteiger partial charge in [-0.25, -0.2) is 0 Å². The van der Waals surface area contributed by atoms with Crippen LogP contribution in [-0.2, 0) is 22.2 Å². The summed E-state index contributed by atoms with van der Waals surface area (Å²) in [5, 5.41) is 0. The number of benzene rings is 2. The minimum absolute atomic E-state index is 0.0790. The van der Waals surface area contributed by atoms with Gasteiger partial charge in [0.05, 0.1) is 12.0 Å². The fraction of sp³-hybridized carbons (Fsp3) is 0.176. The van der Waals surface area contributed by atoms with Crippen LogP contribution in [0.4, 0.5) is 13.2 Å². The molecule has 8 heteroatoms. The largest absolute Gasteiger partial charge is 0.484 e. The highest BCUT2D eigenvalue weighted by molar-refractivity contribution is 5.83. The smallest absolute Gasteiger partial charge is 0.416 e. The standard InChI is InChI=1S/C17H15F3N2O3/c18-17(19,20)13-7-4-8-14(10-13)25-11-16(24)22-21-15(23)9-12-5-2-1-3-6-12/h1-8,10H,9,11H2,(H,21,23)(H,22,24). The quantitative estimate of drug-likeness (QED) is 0.813. The van der Waals surface area contributed by atoms with E-state index in [9.17, 15) is 22.8 Å². The van der Waals surface area contributed by atoms with Crippen LogP contribution in [0.25, 0.3) is 0 Å². The lowest BCUT2D eigenvalue weighted by molar-refractivity contribution is -0.137. The second kappa shape index (κ2) is 8.18. The Kier molecular flexibility index (Phi) is 5.99. The summed E-state index contributed by atoms with van der Waals surface area (Å²) < 4.78 is 42.7. The average Bonchev–Trinajstić information content (AvgIpc) is 2.58. The first-order valence-corrected chi connectivity index (χ1v) is 7.26. The highest BCUT2D eigenvalue weighted by Gasteiger charge is 2.30. The molecule has 0 radical (unpaired) electrons. The Morgan fingerprint density at radius 3 is 2.28 bits per heavy atom. The van der Waals surface area contributed by atoms with Crippen molar-refractivity contribution in [1.29, 1.82) is 0 Å². The van der Waals surface area contributed by atoms with E-state index in [-0.39, 0.29) is 12.2 Å². The van der Waals surface area contributed by atoms with E-state index in [0.717, 1.165) is 17.7 Å². The minimum atomic E-state index is -4.49. The van der Waals surface area contributed by atoms with Gasteiger partial charge in [-0.3, -0.25) is 20.4 Å². The van der Waals surface area contributed by atoms with Crippen LogP contribution < -0.4 is 15.6 Å². The summed E-state index contributed by atoms with van der Waals surface area (Å²) in [5.41, 5.74) is 4.24. The number of alkyl halides is 3. The van der Waals surface area contributed by atoms with E-state index in [0.29, 0.717) is 0 Å². The molecule has 2 aromatic rings. The molecule has 0 atom stereocenters. The second-order valence-electron chi connectivity index (χ2n) is 5.07. The van der Waals surface area contributed by atoms with Crippen molar-refractivity contribution >= 4 is 11.8 Å². The van der Waals surface area contributed by atoms with Gasteiger partial charge in [0.2, 0.25) is 5.91 Å². The Morgan fingerprint density at radius 2 is 1.60 bits per heavy atom. The van der Waals surface area contributed by atoms with Gasteiger partial charge in [-0.1, -0.05) is 36.4 Å². The van der Waals surface area contributed by atoms with Crippen molar-refractivity contribution in [2.45, 2.75) is 12.6 Å². The van der Waals surface area contributed by atoms with E-state index in [2.05, 4.69) is 10.9 Å². The third-order valence-electron chi connectivity index (χ3n) is 3.08. The molecule has 0 heterocycles. The van der Waals surface area contributed by atoms with Crippen LogP contribution in [0.1, 0.15) is 11.1 Å². The van der Waals surface area contributed by atoms with Crippen LogP contribution >= 0.6 is 0 Å². The minimum Gasteiger partial charge on any atom is -0.484 e. The van der Waals surface area contributed by atoms with Crippen molar-refractivity contribution in [3.8, 4) is 5.75 Å². The molecule has 5 nitrogen and oxygen atoms in total. The monoisotopic (exact) mass is 352 g/mol.